The Morgan fingerprint density at radius 1 is 0.944 bits per heavy atom. The second-order valence-corrected chi connectivity index (χ2v) is 20.5. The second kappa shape index (κ2) is 13.9. The Labute approximate surface area is 328 Å². The third-order valence-corrected chi connectivity index (χ3v) is 16.5. The number of rotatable bonds is 9. The summed E-state index contributed by atoms with van der Waals surface area (Å²) in [6.07, 6.45) is 11.6. The molecule has 1 amide bonds. The van der Waals surface area contributed by atoms with Gasteiger partial charge in [0.2, 0.25) is 5.91 Å². The number of carboxylic acid groups (broad SMARTS) is 1. The number of halogens is 1. The summed E-state index contributed by atoms with van der Waals surface area (Å²) in [5, 5.41) is 13.3. The van der Waals surface area contributed by atoms with Crippen molar-refractivity contribution in [3.63, 3.8) is 0 Å². The molecule has 5 aliphatic carbocycles. The molecule has 0 aliphatic heterocycles. The zero-order valence-electron chi connectivity index (χ0n) is 34.4. The van der Waals surface area contributed by atoms with Gasteiger partial charge in [0.05, 0.1) is 17.9 Å². The van der Waals surface area contributed by atoms with Gasteiger partial charge in [-0.1, -0.05) is 84.3 Å². The lowest BCUT2D eigenvalue weighted by Gasteiger charge is -2.72. The van der Waals surface area contributed by atoms with Gasteiger partial charge in [-0.25, -0.2) is 0 Å². The molecule has 1 unspecified atom stereocenters. The van der Waals surface area contributed by atoms with Gasteiger partial charge in [-0.05, 0) is 141 Å². The van der Waals surface area contributed by atoms with Crippen LogP contribution in [0.1, 0.15) is 145 Å². The summed E-state index contributed by atoms with van der Waals surface area (Å²) >= 11 is 6.44. The van der Waals surface area contributed by atoms with Crippen LogP contribution in [-0.4, -0.2) is 34.8 Å². The number of nitrogens with one attached hydrogen (secondary N) is 1. The maximum Gasteiger partial charge on any atom is 0.309 e. The van der Waals surface area contributed by atoms with Crippen molar-refractivity contribution in [2.75, 3.05) is 0 Å². The highest BCUT2D eigenvalue weighted by molar-refractivity contribution is 6.31. The van der Waals surface area contributed by atoms with Gasteiger partial charge in [-0.3, -0.25) is 19.2 Å². The fourth-order valence-electron chi connectivity index (χ4n) is 13.1. The SMILES string of the molecule is CC(C)C1=C2[C@H]3CC[C@@H]4[C@@]5(C)CC[C@H](OC(=O)CC(C)(C)C(=O)O)C(C)(C)[C@@H]5CC[C@@]4(C)[C@]3(C)CCC2(/C=C/C(=O)N[C@@H](C)c2ccccc2Cl)CC1=O. The number of Topliss-reactive ketones (excluding diaryl/α,β-unsaturated/α-hetero) is 1. The van der Waals surface area contributed by atoms with E-state index < -0.39 is 22.8 Å². The maximum atomic E-state index is 14.0. The van der Waals surface area contributed by atoms with E-state index in [2.05, 4.69) is 59.9 Å². The van der Waals surface area contributed by atoms with Crippen LogP contribution in [0.5, 0.6) is 0 Å². The molecule has 1 aromatic carbocycles. The first-order valence-electron chi connectivity index (χ1n) is 20.5. The number of carboxylic acids is 1. The third-order valence-electron chi connectivity index (χ3n) is 16.1. The van der Waals surface area contributed by atoms with Crippen molar-refractivity contribution in [3.8, 4) is 0 Å². The van der Waals surface area contributed by atoms with Crippen molar-refractivity contribution in [2.24, 2.45) is 56.2 Å². The van der Waals surface area contributed by atoms with Crippen LogP contribution >= 0.6 is 11.6 Å². The molecule has 6 rings (SSSR count). The van der Waals surface area contributed by atoms with Gasteiger partial charge < -0.3 is 15.2 Å². The average molecular weight is 762 g/mol. The predicted molar refractivity (Wildman–Crippen MR) is 212 cm³/mol. The molecule has 0 saturated heterocycles. The first-order valence-corrected chi connectivity index (χ1v) is 20.9. The smallest absolute Gasteiger partial charge is 0.309 e. The standard InChI is InChI=1S/C46H64ClNO6/c1-27(2)38-32(49)25-46(22-19-36(50)48-28(3)29-13-11-12-14-31(29)47)24-23-44(9)30(39(38)46)15-16-34-43(8)20-18-35(54-37(51)26-41(4,5)40(52)53)42(6,7)33(43)17-21-45(34,44)10/h11-14,19,22,27-28,30,33-35H,15-18,20-21,23-26H2,1-10H3,(H,48,50)(H,52,53)/b22-19+/t28-,30+,33-,34+,35-,43-,44+,45+,46?/m0/s1. The van der Waals surface area contributed by atoms with Crippen molar-refractivity contribution in [1.29, 1.82) is 0 Å². The molecule has 0 radical (unpaired) electrons. The maximum absolute atomic E-state index is 14.0. The zero-order valence-corrected chi connectivity index (χ0v) is 35.1. The van der Waals surface area contributed by atoms with E-state index in [0.29, 0.717) is 23.3 Å². The monoisotopic (exact) mass is 761 g/mol. The molecular formula is C46H64ClNO6. The number of ether oxygens (including phenoxy) is 1. The summed E-state index contributed by atoms with van der Waals surface area (Å²) in [6.45, 7) is 21.5. The molecule has 9 atom stereocenters. The molecule has 296 valence electrons. The number of carbonyl (C=O) groups is 4. The van der Waals surface area contributed by atoms with Crippen LogP contribution in [0.4, 0.5) is 0 Å². The molecule has 2 N–H and O–H groups in total. The van der Waals surface area contributed by atoms with E-state index in [9.17, 15) is 24.3 Å². The third kappa shape index (κ3) is 6.40. The summed E-state index contributed by atoms with van der Waals surface area (Å²) in [4.78, 5) is 52.3. The minimum Gasteiger partial charge on any atom is -0.481 e. The Kier molecular flexibility index (Phi) is 10.5. The van der Waals surface area contributed by atoms with Crippen LogP contribution in [0.2, 0.25) is 5.02 Å². The van der Waals surface area contributed by atoms with Crippen LogP contribution in [0, 0.1) is 56.2 Å². The van der Waals surface area contributed by atoms with E-state index in [1.807, 2.05) is 31.2 Å². The first-order chi connectivity index (χ1) is 25.0. The molecule has 5 aliphatic rings. The van der Waals surface area contributed by atoms with Crippen molar-refractivity contribution in [2.45, 2.75) is 146 Å². The number of amides is 1. The van der Waals surface area contributed by atoms with Crippen molar-refractivity contribution in [3.05, 3.63) is 58.1 Å². The molecule has 4 saturated carbocycles. The van der Waals surface area contributed by atoms with Crippen molar-refractivity contribution < 1.29 is 29.0 Å². The van der Waals surface area contributed by atoms with E-state index in [1.54, 1.807) is 19.9 Å². The topological polar surface area (TPSA) is 110 Å². The number of hydrogen-bond donors (Lipinski definition) is 2. The Hall–Kier alpha value is -2.93. The first kappa shape index (κ1) is 40.7. The lowest BCUT2D eigenvalue weighted by Crippen LogP contribution is -2.65. The summed E-state index contributed by atoms with van der Waals surface area (Å²) in [6, 6.07) is 7.32. The number of allylic oxidation sites excluding steroid dienone is 3. The molecule has 0 aromatic heterocycles. The number of benzene rings is 1. The van der Waals surface area contributed by atoms with Gasteiger partial charge in [-0.2, -0.15) is 0 Å². The lowest BCUT2D eigenvalue weighted by molar-refractivity contribution is -0.232. The molecule has 8 heteroatoms. The van der Waals surface area contributed by atoms with E-state index in [0.717, 1.165) is 62.5 Å². The summed E-state index contributed by atoms with van der Waals surface area (Å²) in [7, 11) is 0. The number of aliphatic carboxylic acids is 1. The van der Waals surface area contributed by atoms with E-state index >= 15 is 0 Å². The predicted octanol–water partition coefficient (Wildman–Crippen LogP) is 10.5. The van der Waals surface area contributed by atoms with Gasteiger partial charge in [0.1, 0.15) is 6.10 Å². The summed E-state index contributed by atoms with van der Waals surface area (Å²) in [5.41, 5.74) is 1.39. The number of esters is 1. The number of carbonyl (C=O) groups excluding carboxylic acids is 3. The van der Waals surface area contributed by atoms with Crippen molar-refractivity contribution in [1.82, 2.24) is 5.32 Å². The number of fused-ring (bicyclic) bond motifs is 7. The van der Waals surface area contributed by atoms with Crippen LogP contribution in [-0.2, 0) is 23.9 Å². The second-order valence-electron chi connectivity index (χ2n) is 20.1. The molecule has 1 aromatic rings. The summed E-state index contributed by atoms with van der Waals surface area (Å²) in [5.74, 6) is -0.151. The Balaban J connectivity index is 1.27. The molecule has 0 spiro atoms. The van der Waals surface area contributed by atoms with Gasteiger partial charge in [0.15, 0.2) is 5.78 Å². The van der Waals surface area contributed by atoms with Gasteiger partial charge in [0.25, 0.3) is 0 Å². The molecule has 54 heavy (non-hydrogen) atoms. The van der Waals surface area contributed by atoms with Gasteiger partial charge in [0, 0.05) is 22.3 Å². The average Bonchev–Trinajstić information content (AvgIpc) is 3.37. The minimum atomic E-state index is -1.17. The minimum absolute atomic E-state index is 0.0158. The quantitative estimate of drug-likeness (QED) is 0.192. The normalized spacial score (nSPS) is 36.6. The van der Waals surface area contributed by atoms with Crippen molar-refractivity contribution >= 4 is 35.2 Å². The molecule has 0 heterocycles. The van der Waals surface area contributed by atoms with Crippen LogP contribution in [0.25, 0.3) is 0 Å². The molecule has 4 fully saturated rings. The van der Waals surface area contributed by atoms with Crippen LogP contribution in [0.15, 0.2) is 47.6 Å². The van der Waals surface area contributed by atoms with Gasteiger partial charge in [-0.15, -0.1) is 0 Å². The number of hydrogen-bond acceptors (Lipinski definition) is 5. The highest BCUT2D eigenvalue weighted by atomic mass is 35.5. The van der Waals surface area contributed by atoms with E-state index in [1.165, 1.54) is 5.57 Å². The van der Waals surface area contributed by atoms with E-state index in [-0.39, 0.29) is 63.8 Å². The highest BCUT2D eigenvalue weighted by Gasteiger charge is 2.70. The fourth-order valence-corrected chi connectivity index (χ4v) is 13.4. The summed E-state index contributed by atoms with van der Waals surface area (Å²) < 4.78 is 6.16. The zero-order chi connectivity index (χ0) is 39.8. The molecule has 0 bridgehead atoms. The molecule has 7 nitrogen and oxygen atoms in total. The Morgan fingerprint density at radius 2 is 1.63 bits per heavy atom. The Morgan fingerprint density at radius 3 is 2.28 bits per heavy atom. The fraction of sp³-hybridized carbons (Fsp3) is 0.696. The highest BCUT2D eigenvalue weighted by Crippen LogP contribution is 2.77. The Bertz CT molecular complexity index is 1770. The van der Waals surface area contributed by atoms with Crippen LogP contribution < -0.4 is 5.32 Å². The lowest BCUT2D eigenvalue weighted by atomic mass is 9.33. The largest absolute Gasteiger partial charge is 0.481 e. The number of ketones is 1. The molecular weight excluding hydrogens is 698 g/mol. The van der Waals surface area contributed by atoms with Crippen LogP contribution in [0.3, 0.4) is 0 Å². The van der Waals surface area contributed by atoms with Gasteiger partial charge >= 0.3 is 11.9 Å². The van der Waals surface area contributed by atoms with E-state index in [4.69, 9.17) is 16.3 Å².